The van der Waals surface area contributed by atoms with Crippen molar-refractivity contribution in [3.63, 3.8) is 0 Å². The van der Waals surface area contributed by atoms with Gasteiger partial charge in [-0.25, -0.2) is 0 Å². The van der Waals surface area contributed by atoms with Crippen LogP contribution in [0.4, 0.5) is 0 Å². The molecule has 1 aliphatic rings. The lowest BCUT2D eigenvalue weighted by Gasteiger charge is -2.31. The Balaban J connectivity index is 1.63. The maximum Gasteiger partial charge on any atom is 0.119 e. The second kappa shape index (κ2) is 9.03. The average Bonchev–Trinajstić information content (AvgIpc) is 2.51. The molecule has 4 heteroatoms. The van der Waals surface area contributed by atoms with E-state index in [9.17, 15) is 0 Å². The molecule has 1 aromatic carbocycles. The topological polar surface area (TPSA) is 33.7 Å². The number of hydrogen-bond donors (Lipinski definition) is 1. The third kappa shape index (κ3) is 5.65. The van der Waals surface area contributed by atoms with Gasteiger partial charge in [0.15, 0.2) is 0 Å². The van der Waals surface area contributed by atoms with Gasteiger partial charge in [-0.1, -0.05) is 12.1 Å². The fraction of sp³-hybridized carbons (Fsp3) is 0.647. The van der Waals surface area contributed by atoms with E-state index in [1.807, 2.05) is 19.2 Å². The van der Waals surface area contributed by atoms with Crippen molar-refractivity contribution in [1.29, 1.82) is 0 Å². The highest BCUT2D eigenvalue weighted by atomic mass is 16.5. The van der Waals surface area contributed by atoms with Crippen LogP contribution in [0.5, 0.6) is 5.75 Å². The predicted molar refractivity (Wildman–Crippen MR) is 85.8 cm³/mol. The maximum atomic E-state index is 5.82. The zero-order chi connectivity index (χ0) is 14.9. The molecule has 0 bridgehead atoms. The second-order valence-corrected chi connectivity index (χ2v) is 5.52. The molecular weight excluding hydrogens is 264 g/mol. The van der Waals surface area contributed by atoms with Crippen LogP contribution in [0.1, 0.15) is 25.3 Å². The van der Waals surface area contributed by atoms with Crippen molar-refractivity contribution in [2.45, 2.75) is 32.4 Å². The van der Waals surface area contributed by atoms with E-state index in [-0.39, 0.29) is 0 Å². The van der Waals surface area contributed by atoms with Crippen LogP contribution in [0.15, 0.2) is 24.3 Å². The van der Waals surface area contributed by atoms with E-state index in [2.05, 4.69) is 29.3 Å². The molecule has 1 saturated heterocycles. The Bertz CT molecular complexity index is 386. The molecule has 2 rings (SSSR count). The molecule has 0 atom stereocenters. The highest BCUT2D eigenvalue weighted by Gasteiger charge is 2.18. The van der Waals surface area contributed by atoms with Crippen molar-refractivity contribution in [2.24, 2.45) is 0 Å². The molecule has 21 heavy (non-hydrogen) atoms. The number of hydrogen-bond acceptors (Lipinski definition) is 4. The minimum Gasteiger partial charge on any atom is -0.492 e. The van der Waals surface area contributed by atoms with Crippen LogP contribution in [0, 0.1) is 0 Å². The maximum absolute atomic E-state index is 5.82. The number of nitrogens with one attached hydrogen (secondary N) is 1. The van der Waals surface area contributed by atoms with E-state index in [0.717, 1.165) is 58.0 Å². The first-order valence-corrected chi connectivity index (χ1v) is 8.02. The minimum absolute atomic E-state index is 0.465. The molecule has 0 unspecified atom stereocenters. The van der Waals surface area contributed by atoms with Gasteiger partial charge in [-0.3, -0.25) is 4.90 Å². The van der Waals surface area contributed by atoms with Crippen LogP contribution in [0.2, 0.25) is 0 Å². The van der Waals surface area contributed by atoms with E-state index >= 15 is 0 Å². The highest BCUT2D eigenvalue weighted by molar-refractivity contribution is 5.27. The Morgan fingerprint density at radius 2 is 1.90 bits per heavy atom. The third-order valence-corrected chi connectivity index (χ3v) is 3.92. The van der Waals surface area contributed by atoms with Gasteiger partial charge in [0.25, 0.3) is 0 Å². The van der Waals surface area contributed by atoms with Crippen molar-refractivity contribution >= 4 is 0 Å². The standard InChI is InChI=1S/C17H28N2O2/c1-3-20-17-8-10-19(11-9-17)12-13-21-16-6-4-15(5-7-16)14-18-2/h4-7,17-18H,3,8-14H2,1-2H3. The SMILES string of the molecule is CCOC1CCN(CCOc2ccc(CNC)cc2)CC1. The zero-order valence-corrected chi connectivity index (χ0v) is 13.3. The van der Waals surface area contributed by atoms with Gasteiger partial charge in [0.05, 0.1) is 6.10 Å². The summed E-state index contributed by atoms with van der Waals surface area (Å²) >= 11 is 0. The fourth-order valence-electron chi connectivity index (χ4n) is 2.74. The van der Waals surface area contributed by atoms with E-state index in [1.54, 1.807) is 0 Å². The molecular formula is C17H28N2O2. The summed E-state index contributed by atoms with van der Waals surface area (Å²) in [5, 5.41) is 3.14. The molecule has 0 amide bonds. The van der Waals surface area contributed by atoms with Gasteiger partial charge in [0, 0.05) is 32.8 Å². The van der Waals surface area contributed by atoms with E-state index in [0.29, 0.717) is 6.10 Å². The largest absolute Gasteiger partial charge is 0.492 e. The van der Waals surface area contributed by atoms with Crippen molar-refractivity contribution in [3.05, 3.63) is 29.8 Å². The average molecular weight is 292 g/mol. The first kappa shape index (κ1) is 16.3. The number of likely N-dealkylation sites (tertiary alicyclic amines) is 1. The normalized spacial score (nSPS) is 17.0. The van der Waals surface area contributed by atoms with Crippen LogP contribution in [-0.2, 0) is 11.3 Å². The van der Waals surface area contributed by atoms with Gasteiger partial charge >= 0.3 is 0 Å². The number of rotatable bonds is 8. The fourth-order valence-corrected chi connectivity index (χ4v) is 2.74. The lowest BCUT2D eigenvalue weighted by molar-refractivity contribution is 0.0119. The number of nitrogens with zero attached hydrogens (tertiary/aromatic N) is 1. The third-order valence-electron chi connectivity index (χ3n) is 3.92. The first-order valence-electron chi connectivity index (χ1n) is 8.02. The zero-order valence-electron chi connectivity index (χ0n) is 13.3. The quantitative estimate of drug-likeness (QED) is 0.797. The van der Waals surface area contributed by atoms with Crippen molar-refractivity contribution in [1.82, 2.24) is 10.2 Å². The van der Waals surface area contributed by atoms with E-state index < -0.39 is 0 Å². The molecule has 1 fully saturated rings. The molecule has 1 N–H and O–H groups in total. The van der Waals surface area contributed by atoms with Crippen LogP contribution in [0.25, 0.3) is 0 Å². The summed E-state index contributed by atoms with van der Waals surface area (Å²) in [6, 6.07) is 8.32. The molecule has 4 nitrogen and oxygen atoms in total. The molecule has 1 aliphatic heterocycles. The van der Waals surface area contributed by atoms with Crippen LogP contribution >= 0.6 is 0 Å². The second-order valence-electron chi connectivity index (χ2n) is 5.52. The van der Waals surface area contributed by atoms with Gasteiger partial charge in [-0.2, -0.15) is 0 Å². The van der Waals surface area contributed by atoms with Crippen molar-refractivity contribution in [2.75, 3.05) is 39.9 Å². The highest BCUT2D eigenvalue weighted by Crippen LogP contribution is 2.15. The summed E-state index contributed by atoms with van der Waals surface area (Å²) < 4.78 is 11.5. The van der Waals surface area contributed by atoms with Gasteiger partial charge in [0.1, 0.15) is 12.4 Å². The summed E-state index contributed by atoms with van der Waals surface area (Å²) in [5.41, 5.74) is 1.28. The molecule has 0 radical (unpaired) electrons. The van der Waals surface area contributed by atoms with Gasteiger partial charge in [-0.15, -0.1) is 0 Å². The van der Waals surface area contributed by atoms with Crippen LogP contribution in [0.3, 0.4) is 0 Å². The monoisotopic (exact) mass is 292 g/mol. The lowest BCUT2D eigenvalue weighted by Crippen LogP contribution is -2.39. The van der Waals surface area contributed by atoms with E-state index in [1.165, 1.54) is 5.56 Å². The van der Waals surface area contributed by atoms with Gasteiger partial charge < -0.3 is 14.8 Å². The Morgan fingerprint density at radius 1 is 1.19 bits per heavy atom. The van der Waals surface area contributed by atoms with Crippen LogP contribution in [-0.4, -0.2) is 50.9 Å². The molecule has 1 heterocycles. The Labute approximate surface area is 128 Å². The number of benzene rings is 1. The predicted octanol–water partition coefficient (Wildman–Crippen LogP) is 2.29. The summed E-state index contributed by atoms with van der Waals surface area (Å²) in [6.07, 6.45) is 2.76. The van der Waals surface area contributed by atoms with Crippen LogP contribution < -0.4 is 10.1 Å². The molecule has 0 aromatic heterocycles. The molecule has 0 saturated carbocycles. The van der Waals surface area contributed by atoms with E-state index in [4.69, 9.17) is 9.47 Å². The summed E-state index contributed by atoms with van der Waals surface area (Å²) in [5.74, 6) is 0.957. The minimum atomic E-state index is 0.465. The Kier molecular flexibility index (Phi) is 7.00. The number of piperidine rings is 1. The smallest absolute Gasteiger partial charge is 0.119 e. The van der Waals surface area contributed by atoms with Gasteiger partial charge in [-0.05, 0) is 44.5 Å². The molecule has 0 aliphatic carbocycles. The summed E-state index contributed by atoms with van der Waals surface area (Å²) in [7, 11) is 1.96. The molecule has 1 aromatic rings. The Hall–Kier alpha value is -1.10. The van der Waals surface area contributed by atoms with Crippen molar-refractivity contribution in [3.8, 4) is 5.75 Å². The summed E-state index contributed by atoms with van der Waals surface area (Å²) in [6.45, 7) is 7.79. The molecule has 118 valence electrons. The lowest BCUT2D eigenvalue weighted by atomic mass is 10.1. The molecule has 0 spiro atoms. The van der Waals surface area contributed by atoms with Gasteiger partial charge in [0.2, 0.25) is 0 Å². The number of ether oxygens (including phenoxy) is 2. The Morgan fingerprint density at radius 3 is 2.52 bits per heavy atom. The first-order chi connectivity index (χ1) is 10.3. The summed E-state index contributed by atoms with van der Waals surface area (Å²) in [4.78, 5) is 2.46. The van der Waals surface area contributed by atoms with Crippen molar-refractivity contribution < 1.29 is 9.47 Å².